The standard InChI is InChI=1S/C18H21FN6O2/c1-18(2,3)14-11-15(23-27-14)20-16(26)5-4-10-25-22-17(21-24-25)12-6-8-13(19)9-7-12/h6-9,11H,4-5,10H2,1-3H3,(H,20,23,26). The molecular formula is C18H21FN6O2. The van der Waals surface area contributed by atoms with Crippen LogP contribution in [0.2, 0.25) is 0 Å². The molecule has 9 heteroatoms. The van der Waals surface area contributed by atoms with E-state index < -0.39 is 0 Å². The highest BCUT2D eigenvalue weighted by atomic mass is 19.1. The Morgan fingerprint density at radius 2 is 2.00 bits per heavy atom. The van der Waals surface area contributed by atoms with Crippen molar-refractivity contribution in [2.24, 2.45) is 0 Å². The van der Waals surface area contributed by atoms with E-state index in [4.69, 9.17) is 4.52 Å². The largest absolute Gasteiger partial charge is 0.359 e. The number of benzene rings is 1. The Labute approximate surface area is 155 Å². The number of tetrazole rings is 1. The topological polar surface area (TPSA) is 98.7 Å². The first-order valence-electron chi connectivity index (χ1n) is 8.62. The van der Waals surface area contributed by atoms with Crippen LogP contribution in [-0.2, 0) is 16.8 Å². The lowest BCUT2D eigenvalue weighted by molar-refractivity contribution is -0.116. The molecule has 1 amide bonds. The second kappa shape index (κ2) is 7.65. The predicted molar refractivity (Wildman–Crippen MR) is 96.3 cm³/mol. The second-order valence-corrected chi connectivity index (χ2v) is 7.19. The molecule has 3 rings (SSSR count). The third-order valence-corrected chi connectivity index (χ3v) is 3.83. The lowest BCUT2D eigenvalue weighted by Gasteiger charge is -2.11. The molecule has 142 valence electrons. The molecule has 0 spiro atoms. The lowest BCUT2D eigenvalue weighted by Crippen LogP contribution is -2.13. The van der Waals surface area contributed by atoms with E-state index in [0.717, 1.165) is 0 Å². The molecular weight excluding hydrogens is 351 g/mol. The van der Waals surface area contributed by atoms with Gasteiger partial charge in [-0.15, -0.1) is 10.2 Å². The minimum absolute atomic E-state index is 0.164. The molecule has 2 aromatic heterocycles. The normalized spacial score (nSPS) is 11.6. The monoisotopic (exact) mass is 372 g/mol. The van der Waals surface area contributed by atoms with Gasteiger partial charge in [-0.25, -0.2) is 4.39 Å². The average Bonchev–Trinajstić information content (AvgIpc) is 3.25. The Kier molecular flexibility index (Phi) is 5.29. The summed E-state index contributed by atoms with van der Waals surface area (Å²) in [5, 5.41) is 18.7. The van der Waals surface area contributed by atoms with E-state index in [0.29, 0.717) is 35.9 Å². The van der Waals surface area contributed by atoms with Gasteiger partial charge in [-0.3, -0.25) is 4.79 Å². The van der Waals surface area contributed by atoms with Crippen molar-refractivity contribution in [1.82, 2.24) is 25.4 Å². The SMILES string of the molecule is CC(C)(C)c1cc(NC(=O)CCCn2nnc(-c3ccc(F)cc3)n2)no1. The molecule has 0 saturated carbocycles. The number of hydrogen-bond acceptors (Lipinski definition) is 6. The first-order chi connectivity index (χ1) is 12.8. The van der Waals surface area contributed by atoms with E-state index in [1.807, 2.05) is 20.8 Å². The maximum atomic E-state index is 13.0. The van der Waals surface area contributed by atoms with Crippen LogP contribution < -0.4 is 5.32 Å². The molecule has 0 aliphatic rings. The predicted octanol–water partition coefficient (Wildman–Crippen LogP) is 3.18. The van der Waals surface area contributed by atoms with E-state index in [-0.39, 0.29) is 23.6 Å². The fourth-order valence-corrected chi connectivity index (χ4v) is 2.33. The number of hydrogen-bond donors (Lipinski definition) is 1. The van der Waals surface area contributed by atoms with E-state index in [1.54, 1.807) is 18.2 Å². The number of halogens is 1. The molecule has 0 fully saturated rings. The zero-order valence-electron chi connectivity index (χ0n) is 15.4. The molecule has 0 aliphatic heterocycles. The minimum atomic E-state index is -0.320. The number of anilines is 1. The summed E-state index contributed by atoms with van der Waals surface area (Å²) in [6, 6.07) is 7.60. The van der Waals surface area contributed by atoms with Gasteiger partial charge >= 0.3 is 0 Å². The maximum Gasteiger partial charge on any atom is 0.225 e. The van der Waals surface area contributed by atoms with Crippen molar-refractivity contribution >= 4 is 11.7 Å². The Balaban J connectivity index is 1.48. The van der Waals surface area contributed by atoms with Crippen molar-refractivity contribution < 1.29 is 13.7 Å². The fraction of sp³-hybridized carbons (Fsp3) is 0.389. The van der Waals surface area contributed by atoms with Gasteiger partial charge in [0.15, 0.2) is 5.82 Å². The molecule has 27 heavy (non-hydrogen) atoms. The summed E-state index contributed by atoms with van der Waals surface area (Å²) in [7, 11) is 0. The van der Waals surface area contributed by atoms with Crippen LogP contribution in [0.4, 0.5) is 10.2 Å². The van der Waals surface area contributed by atoms with Crippen molar-refractivity contribution in [3.05, 3.63) is 41.9 Å². The summed E-state index contributed by atoms with van der Waals surface area (Å²) in [4.78, 5) is 13.4. The zero-order chi connectivity index (χ0) is 19.4. The van der Waals surface area contributed by atoms with Gasteiger partial charge in [0, 0.05) is 23.5 Å². The van der Waals surface area contributed by atoms with E-state index >= 15 is 0 Å². The molecule has 0 bridgehead atoms. The Bertz CT molecular complexity index is 911. The molecule has 1 aromatic carbocycles. The summed E-state index contributed by atoms with van der Waals surface area (Å²) in [5.41, 5.74) is 0.512. The maximum absolute atomic E-state index is 13.0. The molecule has 0 saturated heterocycles. The van der Waals surface area contributed by atoms with Gasteiger partial charge < -0.3 is 9.84 Å². The number of carbonyl (C=O) groups excluding carboxylic acids is 1. The number of nitrogens with one attached hydrogen (secondary N) is 1. The summed E-state index contributed by atoms with van der Waals surface area (Å²) >= 11 is 0. The van der Waals surface area contributed by atoms with Gasteiger partial charge in [-0.2, -0.15) is 4.80 Å². The van der Waals surface area contributed by atoms with Crippen LogP contribution in [0.1, 0.15) is 39.4 Å². The minimum Gasteiger partial charge on any atom is -0.359 e. The number of carbonyl (C=O) groups is 1. The molecule has 8 nitrogen and oxygen atoms in total. The first kappa shape index (κ1) is 18.7. The molecule has 2 heterocycles. The Morgan fingerprint density at radius 3 is 2.67 bits per heavy atom. The van der Waals surface area contributed by atoms with Gasteiger partial charge in [0.2, 0.25) is 11.7 Å². The molecule has 0 atom stereocenters. The third kappa shape index (κ3) is 4.96. The van der Waals surface area contributed by atoms with Gasteiger partial charge in [0.25, 0.3) is 0 Å². The van der Waals surface area contributed by atoms with Crippen molar-refractivity contribution in [1.29, 1.82) is 0 Å². The summed E-state index contributed by atoms with van der Waals surface area (Å²) in [6.45, 7) is 6.45. The number of rotatable bonds is 6. The highest BCUT2D eigenvalue weighted by Crippen LogP contribution is 2.24. The third-order valence-electron chi connectivity index (χ3n) is 3.83. The lowest BCUT2D eigenvalue weighted by atomic mass is 9.93. The highest BCUT2D eigenvalue weighted by Gasteiger charge is 2.20. The molecule has 0 aliphatic carbocycles. The summed E-state index contributed by atoms with van der Waals surface area (Å²) in [5.74, 6) is 1.04. The van der Waals surface area contributed by atoms with Gasteiger partial charge in [-0.05, 0) is 35.9 Å². The van der Waals surface area contributed by atoms with Gasteiger partial charge in [0.05, 0.1) is 6.54 Å². The second-order valence-electron chi connectivity index (χ2n) is 7.19. The van der Waals surface area contributed by atoms with E-state index in [1.165, 1.54) is 16.9 Å². The van der Waals surface area contributed by atoms with Crippen LogP contribution in [0.3, 0.4) is 0 Å². The summed E-state index contributed by atoms with van der Waals surface area (Å²) < 4.78 is 18.2. The van der Waals surface area contributed by atoms with Crippen LogP contribution in [0.15, 0.2) is 34.9 Å². The molecule has 0 radical (unpaired) electrons. The van der Waals surface area contributed by atoms with Crippen LogP contribution in [0.25, 0.3) is 11.4 Å². The molecule has 0 unspecified atom stereocenters. The number of aromatic nitrogens is 5. The Hall–Kier alpha value is -3.10. The zero-order valence-corrected chi connectivity index (χ0v) is 15.4. The number of aryl methyl sites for hydroxylation is 1. The molecule has 1 N–H and O–H groups in total. The smallest absolute Gasteiger partial charge is 0.225 e. The quantitative estimate of drug-likeness (QED) is 0.713. The average molecular weight is 372 g/mol. The van der Waals surface area contributed by atoms with Crippen LogP contribution >= 0.6 is 0 Å². The van der Waals surface area contributed by atoms with Gasteiger partial charge in [0.1, 0.15) is 11.6 Å². The van der Waals surface area contributed by atoms with Gasteiger partial charge in [-0.1, -0.05) is 25.9 Å². The number of amides is 1. The van der Waals surface area contributed by atoms with Crippen molar-refractivity contribution in [2.75, 3.05) is 5.32 Å². The van der Waals surface area contributed by atoms with Crippen molar-refractivity contribution in [3.8, 4) is 11.4 Å². The first-order valence-corrected chi connectivity index (χ1v) is 8.62. The summed E-state index contributed by atoms with van der Waals surface area (Å²) in [6.07, 6.45) is 0.820. The Morgan fingerprint density at radius 1 is 1.26 bits per heavy atom. The molecule has 3 aromatic rings. The van der Waals surface area contributed by atoms with Crippen LogP contribution in [0, 0.1) is 5.82 Å². The van der Waals surface area contributed by atoms with Crippen LogP contribution in [-0.4, -0.2) is 31.3 Å². The van der Waals surface area contributed by atoms with E-state index in [9.17, 15) is 9.18 Å². The van der Waals surface area contributed by atoms with Crippen molar-refractivity contribution in [2.45, 2.75) is 45.6 Å². The van der Waals surface area contributed by atoms with Crippen LogP contribution in [0.5, 0.6) is 0 Å². The number of nitrogens with zero attached hydrogens (tertiary/aromatic N) is 5. The van der Waals surface area contributed by atoms with Crippen molar-refractivity contribution in [3.63, 3.8) is 0 Å². The van der Waals surface area contributed by atoms with E-state index in [2.05, 4.69) is 25.9 Å². The fourth-order valence-electron chi connectivity index (χ4n) is 2.33. The highest BCUT2D eigenvalue weighted by molar-refractivity contribution is 5.89.